The molecule has 0 saturated carbocycles. The van der Waals surface area contributed by atoms with Crippen LogP contribution < -0.4 is 5.73 Å². The Hall–Kier alpha value is -2.62. The lowest BCUT2D eigenvalue weighted by Gasteiger charge is -2.21. The number of phenols is 1. The van der Waals surface area contributed by atoms with E-state index < -0.39 is 0 Å². The maximum atomic E-state index is 12.3. The largest absolute Gasteiger partial charge is 0.507 e. The summed E-state index contributed by atoms with van der Waals surface area (Å²) in [6.45, 7) is 0. The highest BCUT2D eigenvalue weighted by molar-refractivity contribution is 6.31. The van der Waals surface area contributed by atoms with E-state index in [-0.39, 0.29) is 34.1 Å². The predicted octanol–water partition coefficient (Wildman–Crippen LogP) is 1.93. The van der Waals surface area contributed by atoms with Crippen LogP contribution in [-0.2, 0) is 0 Å². The summed E-state index contributed by atoms with van der Waals surface area (Å²) < 4.78 is 0. The van der Waals surface area contributed by atoms with E-state index in [1.165, 1.54) is 12.1 Å². The molecule has 1 aliphatic rings. The van der Waals surface area contributed by atoms with Crippen LogP contribution in [0.25, 0.3) is 0 Å². The van der Waals surface area contributed by atoms with Crippen molar-refractivity contribution in [3.05, 3.63) is 58.7 Å². The lowest BCUT2D eigenvalue weighted by Crippen LogP contribution is -2.22. The summed E-state index contributed by atoms with van der Waals surface area (Å²) in [4.78, 5) is 12.3. The Balaban J connectivity index is 2.41. The molecule has 4 nitrogen and oxygen atoms in total. The number of aromatic hydroxyl groups is 1. The first-order valence-electron chi connectivity index (χ1n) is 5.45. The monoisotopic (exact) mass is 238 g/mol. The standard InChI is InChI=1S/C14H10N2O2/c15-9-5-6-10(17)12-11(9)14(18)8-4-2-1-3-7(8)13(12)16/h1-6,16-17H,15H2. The van der Waals surface area contributed by atoms with Crippen molar-refractivity contribution in [1.29, 1.82) is 5.41 Å². The van der Waals surface area contributed by atoms with Crippen molar-refractivity contribution in [2.45, 2.75) is 0 Å². The van der Waals surface area contributed by atoms with Crippen LogP contribution >= 0.6 is 0 Å². The zero-order chi connectivity index (χ0) is 12.9. The SMILES string of the molecule is N=C1c2ccccc2C(=O)c2c(N)ccc(O)c21. The van der Waals surface area contributed by atoms with E-state index >= 15 is 0 Å². The number of rotatable bonds is 0. The first-order valence-corrected chi connectivity index (χ1v) is 5.45. The second kappa shape index (κ2) is 3.43. The summed E-state index contributed by atoms with van der Waals surface area (Å²) in [6, 6.07) is 9.75. The number of carbonyl (C=O) groups is 1. The fourth-order valence-electron chi connectivity index (χ4n) is 2.27. The lowest BCUT2D eigenvalue weighted by molar-refractivity contribution is 0.103. The number of hydrogen-bond acceptors (Lipinski definition) is 4. The van der Waals surface area contributed by atoms with Gasteiger partial charge in [0, 0.05) is 16.8 Å². The molecule has 0 amide bonds. The normalized spacial score (nSPS) is 13.1. The highest BCUT2D eigenvalue weighted by Gasteiger charge is 2.30. The minimum atomic E-state index is -0.245. The average Bonchev–Trinajstić information content (AvgIpc) is 2.38. The fraction of sp³-hybridized carbons (Fsp3) is 0. The number of nitrogens with one attached hydrogen (secondary N) is 1. The molecule has 0 unspecified atom stereocenters. The van der Waals surface area contributed by atoms with Crippen LogP contribution in [0.1, 0.15) is 27.0 Å². The number of benzene rings is 2. The van der Waals surface area contributed by atoms with Crippen LogP contribution in [0.2, 0.25) is 0 Å². The molecule has 0 saturated heterocycles. The van der Waals surface area contributed by atoms with Gasteiger partial charge in [0.1, 0.15) is 5.75 Å². The second-order valence-electron chi connectivity index (χ2n) is 4.17. The van der Waals surface area contributed by atoms with Crippen molar-refractivity contribution in [1.82, 2.24) is 0 Å². The summed E-state index contributed by atoms with van der Waals surface area (Å²) in [7, 11) is 0. The maximum Gasteiger partial charge on any atom is 0.196 e. The molecule has 0 aliphatic heterocycles. The minimum absolute atomic E-state index is 0.0907. The van der Waals surface area contributed by atoms with E-state index in [4.69, 9.17) is 11.1 Å². The molecule has 0 radical (unpaired) electrons. The Morgan fingerprint density at radius 1 is 1.00 bits per heavy atom. The Morgan fingerprint density at radius 2 is 1.67 bits per heavy atom. The van der Waals surface area contributed by atoms with Crippen LogP contribution in [0.4, 0.5) is 5.69 Å². The number of hydrogen-bond donors (Lipinski definition) is 3. The van der Waals surface area contributed by atoms with Crippen molar-refractivity contribution >= 4 is 17.2 Å². The van der Waals surface area contributed by atoms with E-state index in [9.17, 15) is 9.90 Å². The van der Waals surface area contributed by atoms with Crippen LogP contribution in [-0.4, -0.2) is 16.6 Å². The topological polar surface area (TPSA) is 87.2 Å². The molecule has 2 aromatic rings. The molecule has 0 atom stereocenters. The van der Waals surface area contributed by atoms with Crippen LogP contribution in [0.3, 0.4) is 0 Å². The van der Waals surface area contributed by atoms with E-state index in [0.29, 0.717) is 11.1 Å². The van der Waals surface area contributed by atoms with Crippen molar-refractivity contribution in [2.24, 2.45) is 0 Å². The van der Waals surface area contributed by atoms with E-state index in [1.807, 2.05) is 0 Å². The molecule has 0 fully saturated rings. The van der Waals surface area contributed by atoms with Gasteiger partial charge in [0.05, 0.1) is 16.8 Å². The van der Waals surface area contributed by atoms with Gasteiger partial charge in [-0.05, 0) is 12.1 Å². The van der Waals surface area contributed by atoms with E-state index in [1.54, 1.807) is 24.3 Å². The molecule has 0 aromatic heterocycles. The molecule has 88 valence electrons. The summed E-state index contributed by atoms with van der Waals surface area (Å²) in [5.41, 5.74) is 7.62. The molecule has 18 heavy (non-hydrogen) atoms. The second-order valence-corrected chi connectivity index (χ2v) is 4.17. The highest BCUT2D eigenvalue weighted by Crippen LogP contribution is 2.35. The average molecular weight is 238 g/mol. The third-order valence-electron chi connectivity index (χ3n) is 3.13. The van der Waals surface area contributed by atoms with Gasteiger partial charge in [-0.15, -0.1) is 0 Å². The van der Waals surface area contributed by atoms with Gasteiger partial charge in [-0.3, -0.25) is 10.2 Å². The van der Waals surface area contributed by atoms with Gasteiger partial charge in [0.15, 0.2) is 5.78 Å². The van der Waals surface area contributed by atoms with Crippen LogP contribution in [0.5, 0.6) is 5.75 Å². The Bertz CT molecular complexity index is 645. The van der Waals surface area contributed by atoms with Gasteiger partial charge in [0.2, 0.25) is 0 Å². The van der Waals surface area contributed by atoms with Gasteiger partial charge in [0.25, 0.3) is 0 Å². The summed E-state index contributed by atoms with van der Waals surface area (Å²) in [5.74, 6) is -0.336. The molecule has 3 rings (SSSR count). The Kier molecular flexibility index (Phi) is 2.01. The summed E-state index contributed by atoms with van der Waals surface area (Å²) in [5, 5.41) is 18.0. The molecule has 0 bridgehead atoms. The maximum absolute atomic E-state index is 12.3. The van der Waals surface area contributed by atoms with Gasteiger partial charge < -0.3 is 10.8 Å². The fourth-order valence-corrected chi connectivity index (χ4v) is 2.27. The predicted molar refractivity (Wildman–Crippen MR) is 68.3 cm³/mol. The minimum Gasteiger partial charge on any atom is -0.507 e. The zero-order valence-electron chi connectivity index (χ0n) is 9.40. The number of fused-ring (bicyclic) bond motifs is 2. The third-order valence-corrected chi connectivity index (χ3v) is 3.13. The summed E-state index contributed by atoms with van der Waals surface area (Å²) in [6.07, 6.45) is 0. The van der Waals surface area contributed by atoms with Gasteiger partial charge in [-0.25, -0.2) is 0 Å². The number of nitrogen functional groups attached to an aromatic ring is 1. The number of phenolic OH excluding ortho intramolecular Hbond substituents is 1. The van der Waals surface area contributed by atoms with E-state index in [2.05, 4.69) is 0 Å². The van der Waals surface area contributed by atoms with Gasteiger partial charge in [-0.2, -0.15) is 0 Å². The van der Waals surface area contributed by atoms with Crippen molar-refractivity contribution in [3.63, 3.8) is 0 Å². The molecule has 4 N–H and O–H groups in total. The first-order chi connectivity index (χ1) is 8.61. The van der Waals surface area contributed by atoms with Crippen molar-refractivity contribution < 1.29 is 9.90 Å². The van der Waals surface area contributed by atoms with Crippen molar-refractivity contribution in [2.75, 3.05) is 5.73 Å². The zero-order valence-corrected chi connectivity index (χ0v) is 9.40. The third kappa shape index (κ3) is 1.20. The van der Waals surface area contributed by atoms with Crippen molar-refractivity contribution in [3.8, 4) is 5.75 Å². The van der Waals surface area contributed by atoms with Gasteiger partial charge >= 0.3 is 0 Å². The van der Waals surface area contributed by atoms with Gasteiger partial charge in [-0.1, -0.05) is 24.3 Å². The molecule has 0 spiro atoms. The number of nitrogens with two attached hydrogens (primary N) is 1. The smallest absolute Gasteiger partial charge is 0.196 e. The Morgan fingerprint density at radius 3 is 2.39 bits per heavy atom. The molecule has 0 heterocycles. The quantitative estimate of drug-likeness (QED) is 0.413. The Labute approximate surface area is 103 Å². The van der Waals surface area contributed by atoms with Crippen LogP contribution in [0.15, 0.2) is 36.4 Å². The number of anilines is 1. The van der Waals surface area contributed by atoms with E-state index in [0.717, 1.165) is 0 Å². The lowest BCUT2D eigenvalue weighted by atomic mass is 9.82. The molecule has 2 aromatic carbocycles. The molecule has 1 aliphatic carbocycles. The van der Waals surface area contributed by atoms with Crippen LogP contribution in [0, 0.1) is 5.41 Å². The number of ketones is 1. The molecule has 4 heteroatoms. The highest BCUT2D eigenvalue weighted by atomic mass is 16.3. The molecular weight excluding hydrogens is 228 g/mol. The summed E-state index contributed by atoms with van der Waals surface area (Å²) >= 11 is 0. The number of carbonyl (C=O) groups excluding carboxylic acids is 1. The molecular formula is C14H10N2O2. The first kappa shape index (κ1) is 10.5.